The summed E-state index contributed by atoms with van der Waals surface area (Å²) in [6, 6.07) is 5.85. The van der Waals surface area contributed by atoms with Gasteiger partial charge < -0.3 is 14.4 Å². The molecule has 1 aromatic carbocycles. The standard InChI is InChI=1S/C12H15NO3S/c1-13(12(14)7-17)5-4-9-2-3-10-11(6-9)16-8-15-10/h2-3,6,17H,4-5,7-8H2,1H3. The molecule has 0 saturated heterocycles. The number of hydrogen-bond acceptors (Lipinski definition) is 4. The SMILES string of the molecule is CN(CCc1ccc2c(c1)OCO2)C(=O)CS. The lowest BCUT2D eigenvalue weighted by Gasteiger charge is -2.15. The first-order valence-corrected chi connectivity index (χ1v) is 6.07. The number of ether oxygens (including phenoxy) is 2. The first kappa shape index (κ1) is 12.1. The van der Waals surface area contributed by atoms with Crippen molar-refractivity contribution in [1.82, 2.24) is 4.90 Å². The van der Waals surface area contributed by atoms with Gasteiger partial charge in [-0.3, -0.25) is 4.79 Å². The van der Waals surface area contributed by atoms with Crippen molar-refractivity contribution in [3.63, 3.8) is 0 Å². The normalized spacial score (nSPS) is 12.6. The topological polar surface area (TPSA) is 38.8 Å². The third-order valence-electron chi connectivity index (χ3n) is 2.73. The molecule has 0 fully saturated rings. The lowest BCUT2D eigenvalue weighted by atomic mass is 10.1. The van der Waals surface area contributed by atoms with E-state index in [1.165, 1.54) is 0 Å². The van der Waals surface area contributed by atoms with E-state index in [0.717, 1.165) is 23.5 Å². The molecule has 1 amide bonds. The Labute approximate surface area is 106 Å². The number of carbonyl (C=O) groups is 1. The number of fused-ring (bicyclic) bond motifs is 1. The molecule has 0 atom stereocenters. The maximum atomic E-state index is 11.3. The number of thiol groups is 1. The lowest BCUT2D eigenvalue weighted by molar-refractivity contribution is -0.127. The molecule has 0 aliphatic carbocycles. The molecule has 1 aliphatic rings. The van der Waals surface area contributed by atoms with E-state index < -0.39 is 0 Å². The highest BCUT2D eigenvalue weighted by molar-refractivity contribution is 7.81. The third kappa shape index (κ3) is 2.85. The minimum atomic E-state index is 0.0362. The van der Waals surface area contributed by atoms with E-state index in [9.17, 15) is 4.79 Å². The largest absolute Gasteiger partial charge is 0.454 e. The summed E-state index contributed by atoms with van der Waals surface area (Å²) in [6.45, 7) is 0.968. The molecular weight excluding hydrogens is 238 g/mol. The van der Waals surface area contributed by atoms with Gasteiger partial charge >= 0.3 is 0 Å². The third-order valence-corrected chi connectivity index (χ3v) is 3.00. The van der Waals surface area contributed by atoms with E-state index in [4.69, 9.17) is 9.47 Å². The van der Waals surface area contributed by atoms with Gasteiger partial charge in [-0.2, -0.15) is 12.6 Å². The van der Waals surface area contributed by atoms with Crippen molar-refractivity contribution in [2.45, 2.75) is 6.42 Å². The van der Waals surface area contributed by atoms with Gasteiger partial charge in [-0.1, -0.05) is 6.07 Å². The zero-order chi connectivity index (χ0) is 12.3. The number of carbonyl (C=O) groups excluding carboxylic acids is 1. The molecule has 5 heteroatoms. The average Bonchev–Trinajstić information content (AvgIpc) is 2.82. The summed E-state index contributed by atoms with van der Waals surface area (Å²) >= 11 is 3.96. The molecule has 2 rings (SSSR count). The molecule has 0 unspecified atom stereocenters. The Balaban J connectivity index is 1.93. The number of benzene rings is 1. The number of hydrogen-bond donors (Lipinski definition) is 1. The van der Waals surface area contributed by atoms with Gasteiger partial charge in [0.1, 0.15) is 0 Å². The molecule has 1 heterocycles. The number of likely N-dealkylation sites (N-methyl/N-ethyl adjacent to an activating group) is 1. The summed E-state index contributed by atoms with van der Waals surface area (Å²) in [5, 5.41) is 0. The van der Waals surface area contributed by atoms with E-state index in [2.05, 4.69) is 12.6 Å². The second-order valence-corrected chi connectivity index (χ2v) is 4.23. The lowest BCUT2D eigenvalue weighted by Crippen LogP contribution is -2.29. The summed E-state index contributed by atoms with van der Waals surface area (Å²) in [5.74, 6) is 1.85. The zero-order valence-electron chi connectivity index (χ0n) is 9.68. The highest BCUT2D eigenvalue weighted by atomic mass is 32.1. The molecule has 0 aromatic heterocycles. The molecule has 0 saturated carbocycles. The van der Waals surface area contributed by atoms with Gasteiger partial charge in [0.25, 0.3) is 0 Å². The Bertz CT molecular complexity index is 422. The molecule has 0 spiro atoms. The number of nitrogens with zero attached hydrogens (tertiary/aromatic N) is 1. The molecule has 4 nitrogen and oxygen atoms in total. The number of amides is 1. The molecule has 0 radical (unpaired) electrons. The molecule has 92 valence electrons. The van der Waals surface area contributed by atoms with Gasteiger partial charge in [0.2, 0.25) is 12.7 Å². The maximum Gasteiger partial charge on any atom is 0.232 e. The second kappa shape index (κ2) is 5.31. The zero-order valence-corrected chi connectivity index (χ0v) is 10.6. The Kier molecular flexibility index (Phi) is 3.78. The van der Waals surface area contributed by atoms with Crippen LogP contribution in [0.3, 0.4) is 0 Å². The van der Waals surface area contributed by atoms with Crippen molar-refractivity contribution < 1.29 is 14.3 Å². The molecule has 1 aromatic rings. The van der Waals surface area contributed by atoms with E-state index >= 15 is 0 Å². The average molecular weight is 253 g/mol. The number of rotatable bonds is 4. The van der Waals surface area contributed by atoms with Gasteiger partial charge in [0.05, 0.1) is 5.75 Å². The minimum absolute atomic E-state index is 0.0362. The van der Waals surface area contributed by atoms with Crippen LogP contribution in [0.15, 0.2) is 18.2 Å². The molecule has 0 N–H and O–H groups in total. The highest BCUT2D eigenvalue weighted by Crippen LogP contribution is 2.32. The monoisotopic (exact) mass is 253 g/mol. The van der Waals surface area contributed by atoms with Crippen molar-refractivity contribution in [3.8, 4) is 11.5 Å². The van der Waals surface area contributed by atoms with Crippen LogP contribution in [0.25, 0.3) is 0 Å². The minimum Gasteiger partial charge on any atom is -0.454 e. The van der Waals surface area contributed by atoms with Crippen LogP contribution in [-0.2, 0) is 11.2 Å². The summed E-state index contributed by atoms with van der Waals surface area (Å²) in [5.41, 5.74) is 1.13. The quantitative estimate of drug-likeness (QED) is 0.823. The van der Waals surface area contributed by atoms with E-state index in [1.807, 2.05) is 18.2 Å². The van der Waals surface area contributed by atoms with E-state index in [1.54, 1.807) is 11.9 Å². The van der Waals surface area contributed by atoms with Gasteiger partial charge in [-0.05, 0) is 24.1 Å². The fourth-order valence-corrected chi connectivity index (χ4v) is 1.88. The predicted molar refractivity (Wildman–Crippen MR) is 67.8 cm³/mol. The Morgan fingerprint density at radius 3 is 2.94 bits per heavy atom. The summed E-state index contributed by atoms with van der Waals surface area (Å²) in [4.78, 5) is 13.0. The van der Waals surface area contributed by atoms with E-state index in [-0.39, 0.29) is 18.5 Å². The second-order valence-electron chi connectivity index (χ2n) is 3.91. The van der Waals surface area contributed by atoms with Crippen molar-refractivity contribution in [2.75, 3.05) is 26.1 Å². The van der Waals surface area contributed by atoms with Crippen LogP contribution in [-0.4, -0.2) is 36.9 Å². The first-order chi connectivity index (χ1) is 8.20. The predicted octanol–water partition coefficient (Wildman–Crippen LogP) is 1.35. The smallest absolute Gasteiger partial charge is 0.232 e. The fourth-order valence-electron chi connectivity index (χ4n) is 1.64. The van der Waals surface area contributed by atoms with Crippen LogP contribution in [0, 0.1) is 0 Å². The van der Waals surface area contributed by atoms with Crippen LogP contribution in [0.1, 0.15) is 5.56 Å². The Morgan fingerprint density at radius 1 is 1.41 bits per heavy atom. The Morgan fingerprint density at radius 2 is 2.18 bits per heavy atom. The van der Waals surface area contributed by atoms with Gasteiger partial charge in [0.15, 0.2) is 11.5 Å². The van der Waals surface area contributed by atoms with Crippen LogP contribution in [0.5, 0.6) is 11.5 Å². The van der Waals surface area contributed by atoms with Crippen LogP contribution in [0.2, 0.25) is 0 Å². The first-order valence-electron chi connectivity index (χ1n) is 5.44. The van der Waals surface area contributed by atoms with Gasteiger partial charge in [-0.25, -0.2) is 0 Å². The van der Waals surface area contributed by atoms with Crippen molar-refractivity contribution in [2.24, 2.45) is 0 Å². The van der Waals surface area contributed by atoms with Crippen molar-refractivity contribution >= 4 is 18.5 Å². The summed E-state index contributed by atoms with van der Waals surface area (Å²) in [7, 11) is 1.78. The van der Waals surface area contributed by atoms with Crippen molar-refractivity contribution in [1.29, 1.82) is 0 Å². The van der Waals surface area contributed by atoms with E-state index in [0.29, 0.717) is 6.54 Å². The molecule has 0 bridgehead atoms. The molecule has 17 heavy (non-hydrogen) atoms. The van der Waals surface area contributed by atoms with Crippen LogP contribution >= 0.6 is 12.6 Å². The van der Waals surface area contributed by atoms with Crippen LogP contribution < -0.4 is 9.47 Å². The summed E-state index contributed by atoms with van der Waals surface area (Å²) < 4.78 is 10.5. The molecular formula is C12H15NO3S. The highest BCUT2D eigenvalue weighted by Gasteiger charge is 2.13. The van der Waals surface area contributed by atoms with Gasteiger partial charge in [-0.15, -0.1) is 0 Å². The Hall–Kier alpha value is -1.36. The summed E-state index contributed by atoms with van der Waals surface area (Å²) in [6.07, 6.45) is 0.798. The maximum absolute atomic E-state index is 11.3. The van der Waals surface area contributed by atoms with Gasteiger partial charge in [0, 0.05) is 13.6 Å². The fraction of sp³-hybridized carbons (Fsp3) is 0.417. The van der Waals surface area contributed by atoms with Crippen LogP contribution in [0.4, 0.5) is 0 Å². The van der Waals surface area contributed by atoms with Crippen molar-refractivity contribution in [3.05, 3.63) is 23.8 Å². The molecule has 1 aliphatic heterocycles.